The summed E-state index contributed by atoms with van der Waals surface area (Å²) in [5.41, 5.74) is 0. The summed E-state index contributed by atoms with van der Waals surface area (Å²) in [5, 5.41) is 15.9. The van der Waals surface area contributed by atoms with Gasteiger partial charge in [0.2, 0.25) is 5.91 Å². The molecule has 7 heteroatoms. The van der Waals surface area contributed by atoms with Crippen molar-refractivity contribution in [2.75, 3.05) is 30.3 Å². The molecular weight excluding hydrogens is 348 g/mol. The Morgan fingerprint density at radius 2 is 1.57 bits per heavy atom. The molecule has 0 aliphatic rings. The van der Waals surface area contributed by atoms with Crippen molar-refractivity contribution in [2.45, 2.75) is 57.6 Å². The Kier molecular flexibility index (Phi) is 17.6. The molecule has 0 aromatic heterocycles. The number of thiol groups is 3. The smallest absolute Gasteiger partial charge is 0.219 e. The molecule has 0 radical (unpaired) electrons. The predicted molar refractivity (Wildman–Crippen MR) is 109 cm³/mol. The first-order chi connectivity index (χ1) is 11.1. The zero-order valence-electron chi connectivity index (χ0n) is 14.0. The van der Waals surface area contributed by atoms with Crippen molar-refractivity contribution < 1.29 is 9.90 Å². The van der Waals surface area contributed by atoms with Gasteiger partial charge in [0.1, 0.15) is 6.23 Å². The van der Waals surface area contributed by atoms with E-state index in [1.54, 1.807) is 0 Å². The Morgan fingerprint density at radius 3 is 2.22 bits per heavy atom. The quantitative estimate of drug-likeness (QED) is 0.141. The number of aliphatic hydroxyl groups excluding tert-OH is 1. The van der Waals surface area contributed by atoms with E-state index >= 15 is 0 Å². The maximum atomic E-state index is 11.6. The van der Waals surface area contributed by atoms with Crippen molar-refractivity contribution in [3.05, 3.63) is 0 Å². The van der Waals surface area contributed by atoms with Crippen molar-refractivity contribution >= 4 is 43.8 Å². The lowest BCUT2D eigenvalue weighted by Crippen LogP contribution is -2.31. The second kappa shape index (κ2) is 17.3. The van der Waals surface area contributed by atoms with Crippen LogP contribution in [0.2, 0.25) is 0 Å². The first-order valence-corrected chi connectivity index (χ1v) is 10.5. The zero-order chi connectivity index (χ0) is 17.3. The normalized spacial score (nSPS) is 13.7. The Labute approximate surface area is 158 Å². The Morgan fingerprint density at radius 1 is 0.913 bits per heavy atom. The lowest BCUT2D eigenvalue weighted by atomic mass is 10.0. The largest absolute Gasteiger partial charge is 0.379 e. The van der Waals surface area contributed by atoms with Crippen LogP contribution in [0.4, 0.5) is 0 Å². The summed E-state index contributed by atoms with van der Waals surface area (Å²) in [6, 6.07) is 0. The SMILES string of the molecule is O=C(CCCCS)NCCC(CS)CCNC(O)CCCCS. The molecule has 138 valence electrons. The number of carbonyl (C=O) groups excluding carboxylic acids is 1. The Bertz CT molecular complexity index is 284. The van der Waals surface area contributed by atoms with E-state index in [1.165, 1.54) is 0 Å². The van der Waals surface area contributed by atoms with Crippen LogP contribution < -0.4 is 10.6 Å². The van der Waals surface area contributed by atoms with E-state index in [-0.39, 0.29) is 5.91 Å². The third-order valence-corrected chi connectivity index (χ3v) is 4.91. The van der Waals surface area contributed by atoms with Crippen LogP contribution in [0.1, 0.15) is 51.4 Å². The highest BCUT2D eigenvalue weighted by Gasteiger charge is 2.09. The van der Waals surface area contributed by atoms with Gasteiger partial charge < -0.3 is 10.4 Å². The van der Waals surface area contributed by atoms with E-state index in [2.05, 4.69) is 48.5 Å². The maximum Gasteiger partial charge on any atom is 0.219 e. The molecule has 0 spiro atoms. The van der Waals surface area contributed by atoms with Crippen molar-refractivity contribution in [1.82, 2.24) is 10.6 Å². The summed E-state index contributed by atoms with van der Waals surface area (Å²) in [6.45, 7) is 1.48. The van der Waals surface area contributed by atoms with E-state index in [9.17, 15) is 9.90 Å². The fourth-order valence-electron chi connectivity index (χ4n) is 2.23. The number of hydrogen-bond acceptors (Lipinski definition) is 6. The van der Waals surface area contributed by atoms with Gasteiger partial charge in [-0.25, -0.2) is 0 Å². The zero-order valence-corrected chi connectivity index (χ0v) is 16.7. The van der Waals surface area contributed by atoms with Crippen molar-refractivity contribution in [2.24, 2.45) is 5.92 Å². The van der Waals surface area contributed by atoms with Gasteiger partial charge in [0.25, 0.3) is 0 Å². The van der Waals surface area contributed by atoms with Gasteiger partial charge in [-0.3, -0.25) is 10.1 Å². The highest BCUT2D eigenvalue weighted by atomic mass is 32.1. The summed E-state index contributed by atoms with van der Waals surface area (Å²) in [7, 11) is 0. The summed E-state index contributed by atoms with van der Waals surface area (Å²) < 4.78 is 0. The van der Waals surface area contributed by atoms with Crippen LogP contribution in [0.15, 0.2) is 0 Å². The molecule has 3 N–H and O–H groups in total. The van der Waals surface area contributed by atoms with E-state index in [0.717, 1.165) is 68.7 Å². The number of carbonyl (C=O) groups is 1. The van der Waals surface area contributed by atoms with Crippen molar-refractivity contribution in [1.29, 1.82) is 0 Å². The van der Waals surface area contributed by atoms with Crippen LogP contribution >= 0.6 is 37.9 Å². The van der Waals surface area contributed by atoms with E-state index < -0.39 is 6.23 Å². The molecule has 0 aromatic rings. The lowest BCUT2D eigenvalue weighted by Gasteiger charge is -2.17. The molecule has 0 aliphatic heterocycles. The van der Waals surface area contributed by atoms with Crippen LogP contribution in [0.25, 0.3) is 0 Å². The Balaban J connectivity index is 3.63. The van der Waals surface area contributed by atoms with Crippen molar-refractivity contribution in [3.8, 4) is 0 Å². The molecule has 23 heavy (non-hydrogen) atoms. The molecule has 1 amide bonds. The molecule has 0 heterocycles. The fourth-order valence-corrected chi connectivity index (χ4v) is 3.05. The third kappa shape index (κ3) is 15.7. The minimum atomic E-state index is -0.429. The highest BCUT2D eigenvalue weighted by molar-refractivity contribution is 7.80. The molecule has 0 bridgehead atoms. The maximum absolute atomic E-state index is 11.6. The lowest BCUT2D eigenvalue weighted by molar-refractivity contribution is -0.121. The van der Waals surface area contributed by atoms with Gasteiger partial charge in [0, 0.05) is 13.0 Å². The molecular formula is C16H34N2O2S3. The summed E-state index contributed by atoms with van der Waals surface area (Å²) in [6.07, 6.45) is 6.74. The van der Waals surface area contributed by atoms with Gasteiger partial charge in [-0.1, -0.05) is 0 Å². The molecule has 0 aliphatic carbocycles. The van der Waals surface area contributed by atoms with E-state index in [1.807, 2.05) is 0 Å². The molecule has 4 nitrogen and oxygen atoms in total. The van der Waals surface area contributed by atoms with Crippen LogP contribution in [0.5, 0.6) is 0 Å². The van der Waals surface area contributed by atoms with Crippen LogP contribution in [0, 0.1) is 5.92 Å². The summed E-state index contributed by atoms with van der Waals surface area (Å²) >= 11 is 12.7. The average Bonchev–Trinajstić information content (AvgIpc) is 2.54. The fraction of sp³-hybridized carbons (Fsp3) is 0.938. The molecule has 0 fully saturated rings. The van der Waals surface area contributed by atoms with Gasteiger partial charge in [0.05, 0.1) is 0 Å². The molecule has 0 rings (SSSR count). The number of hydrogen-bond donors (Lipinski definition) is 6. The summed E-state index contributed by atoms with van der Waals surface area (Å²) in [5.74, 6) is 3.08. The average molecular weight is 383 g/mol. The van der Waals surface area contributed by atoms with Gasteiger partial charge in [-0.15, -0.1) is 0 Å². The van der Waals surface area contributed by atoms with Gasteiger partial charge in [0.15, 0.2) is 0 Å². The molecule has 0 saturated heterocycles. The van der Waals surface area contributed by atoms with Crippen LogP contribution in [0.3, 0.4) is 0 Å². The number of unbranched alkanes of at least 4 members (excludes halogenated alkanes) is 2. The second-order valence-electron chi connectivity index (χ2n) is 5.85. The first-order valence-electron chi connectivity index (χ1n) is 8.64. The van der Waals surface area contributed by atoms with Crippen LogP contribution in [-0.4, -0.2) is 47.6 Å². The van der Waals surface area contributed by atoms with E-state index in [4.69, 9.17) is 0 Å². The Hall–Kier alpha value is 0.440. The van der Waals surface area contributed by atoms with Gasteiger partial charge >= 0.3 is 0 Å². The monoisotopic (exact) mass is 382 g/mol. The van der Waals surface area contributed by atoms with Crippen LogP contribution in [-0.2, 0) is 4.79 Å². The topological polar surface area (TPSA) is 61.4 Å². The van der Waals surface area contributed by atoms with Gasteiger partial charge in [-0.05, 0) is 74.7 Å². The summed E-state index contributed by atoms with van der Waals surface area (Å²) in [4.78, 5) is 11.6. The highest BCUT2D eigenvalue weighted by Crippen LogP contribution is 2.10. The predicted octanol–water partition coefficient (Wildman–Crippen LogP) is 2.54. The first kappa shape index (κ1) is 23.4. The number of rotatable bonds is 16. The number of nitrogens with one attached hydrogen (secondary N) is 2. The minimum Gasteiger partial charge on any atom is -0.379 e. The standard InChI is InChI=1S/C16H34N2O2S3/c19-15(5-1-3-11-21)17-9-7-14(13-23)8-10-18-16(20)6-2-4-12-22/h14-15,17,19,21-23H,1-13H2,(H,18,20). The number of aliphatic hydroxyl groups is 1. The number of amides is 1. The molecule has 0 saturated carbocycles. The molecule has 2 atom stereocenters. The second-order valence-corrected chi connectivity index (χ2v) is 7.11. The minimum absolute atomic E-state index is 0.127. The third-order valence-electron chi connectivity index (χ3n) is 3.76. The molecule has 2 unspecified atom stereocenters. The molecule has 0 aromatic carbocycles. The van der Waals surface area contributed by atoms with Crippen molar-refractivity contribution in [3.63, 3.8) is 0 Å². The van der Waals surface area contributed by atoms with Gasteiger partial charge in [-0.2, -0.15) is 37.9 Å². The van der Waals surface area contributed by atoms with E-state index in [0.29, 0.717) is 18.9 Å².